The molecule has 5 nitrogen and oxygen atoms in total. The molecule has 162 valence electrons. The molecule has 1 unspecified atom stereocenters. The van der Waals surface area contributed by atoms with E-state index in [9.17, 15) is 0 Å². The fourth-order valence-electron chi connectivity index (χ4n) is 3.72. The molecule has 0 fully saturated rings. The summed E-state index contributed by atoms with van der Waals surface area (Å²) in [6.45, 7) is 0. The summed E-state index contributed by atoms with van der Waals surface area (Å²) in [5.41, 5.74) is 4.26. The Hall–Kier alpha value is -2.43. The molecule has 0 radical (unpaired) electrons. The molecule has 0 bridgehead atoms. The summed E-state index contributed by atoms with van der Waals surface area (Å²) in [5.74, 6) is 1.43. The Morgan fingerprint density at radius 2 is 1.81 bits per heavy atom. The van der Waals surface area contributed by atoms with E-state index in [0.717, 1.165) is 39.8 Å². The fraction of sp³-hybridized carbons (Fsp3) is 0.167. The van der Waals surface area contributed by atoms with Crippen LogP contribution in [0.4, 0.5) is 5.13 Å². The summed E-state index contributed by atoms with van der Waals surface area (Å²) >= 11 is 5.64. The first kappa shape index (κ1) is 21.4. The summed E-state index contributed by atoms with van der Waals surface area (Å²) in [7, 11) is 3.31. The van der Waals surface area contributed by atoms with Crippen molar-refractivity contribution in [1.29, 1.82) is 0 Å². The van der Waals surface area contributed by atoms with Crippen molar-refractivity contribution in [2.75, 3.05) is 19.2 Å². The Balaban J connectivity index is 1.53. The van der Waals surface area contributed by atoms with E-state index in [2.05, 4.69) is 80.8 Å². The van der Waals surface area contributed by atoms with E-state index >= 15 is 0 Å². The first-order valence-electron chi connectivity index (χ1n) is 10.00. The molecule has 2 aromatic carbocycles. The number of rotatable bonds is 6. The molecule has 0 spiro atoms. The second kappa shape index (κ2) is 9.21. The van der Waals surface area contributed by atoms with E-state index in [1.807, 2.05) is 12.1 Å². The van der Waals surface area contributed by atoms with Crippen LogP contribution in [0.15, 0.2) is 70.5 Å². The molecule has 8 heteroatoms. The van der Waals surface area contributed by atoms with Crippen LogP contribution in [0.25, 0.3) is 11.3 Å². The SMILES string of the molecule is COc1ccc(C2CC(c3cccs3)=NN2c2nc(-c3ccc(I)cc3)cs2)cc1OC. The number of anilines is 1. The topological polar surface area (TPSA) is 47.0 Å². The fourth-order valence-corrected chi connectivity index (χ4v) is 5.63. The number of hydrogen-bond acceptors (Lipinski definition) is 7. The normalized spacial score (nSPS) is 15.7. The van der Waals surface area contributed by atoms with Gasteiger partial charge in [0.05, 0.1) is 36.5 Å². The molecule has 0 aliphatic carbocycles. The smallest absolute Gasteiger partial charge is 0.207 e. The minimum atomic E-state index is 0.0302. The van der Waals surface area contributed by atoms with Crippen molar-refractivity contribution >= 4 is 56.1 Å². The maximum atomic E-state index is 5.56. The highest BCUT2D eigenvalue weighted by atomic mass is 127. The lowest BCUT2D eigenvalue weighted by atomic mass is 10.0. The van der Waals surface area contributed by atoms with Gasteiger partial charge in [-0.3, -0.25) is 0 Å². The van der Waals surface area contributed by atoms with Gasteiger partial charge in [-0.15, -0.1) is 22.7 Å². The predicted octanol–water partition coefficient (Wildman–Crippen LogP) is 6.85. The highest BCUT2D eigenvalue weighted by Gasteiger charge is 2.32. The molecule has 1 atom stereocenters. The summed E-state index contributed by atoms with van der Waals surface area (Å²) in [6, 6.07) is 18.7. The van der Waals surface area contributed by atoms with Gasteiger partial charge in [-0.1, -0.05) is 24.3 Å². The van der Waals surface area contributed by atoms with Crippen LogP contribution in [-0.2, 0) is 0 Å². The van der Waals surface area contributed by atoms with Crippen molar-refractivity contribution in [3.63, 3.8) is 0 Å². The zero-order chi connectivity index (χ0) is 22.1. The molecule has 1 aliphatic rings. The third-order valence-corrected chi connectivity index (χ3v) is 7.80. The minimum absolute atomic E-state index is 0.0302. The average Bonchev–Trinajstić information content (AvgIpc) is 3.59. The maximum Gasteiger partial charge on any atom is 0.207 e. The van der Waals surface area contributed by atoms with Gasteiger partial charge in [-0.25, -0.2) is 9.99 Å². The molecular formula is C24H20IN3O2S2. The third kappa shape index (κ3) is 4.14. The number of thiophene rings is 1. The van der Waals surface area contributed by atoms with Crippen molar-refractivity contribution in [2.45, 2.75) is 12.5 Å². The molecule has 0 saturated heterocycles. The van der Waals surface area contributed by atoms with Crippen LogP contribution < -0.4 is 14.5 Å². The van der Waals surface area contributed by atoms with Gasteiger partial charge in [0.15, 0.2) is 11.5 Å². The molecule has 0 saturated carbocycles. The first-order chi connectivity index (χ1) is 15.7. The highest BCUT2D eigenvalue weighted by Crippen LogP contribution is 2.42. The molecular weight excluding hydrogens is 553 g/mol. The van der Waals surface area contributed by atoms with Crippen LogP contribution in [0.3, 0.4) is 0 Å². The molecule has 0 amide bonds. The van der Waals surface area contributed by atoms with Crippen LogP contribution in [0.1, 0.15) is 22.9 Å². The van der Waals surface area contributed by atoms with Crippen LogP contribution in [0.5, 0.6) is 11.5 Å². The molecule has 3 heterocycles. The number of halogens is 1. The van der Waals surface area contributed by atoms with E-state index in [1.165, 1.54) is 8.45 Å². The van der Waals surface area contributed by atoms with Crippen LogP contribution in [0.2, 0.25) is 0 Å². The third-order valence-electron chi connectivity index (χ3n) is 5.34. The van der Waals surface area contributed by atoms with Crippen molar-refractivity contribution in [3.05, 3.63) is 79.4 Å². The van der Waals surface area contributed by atoms with Gasteiger partial charge in [-0.2, -0.15) is 5.10 Å². The molecule has 5 rings (SSSR count). The predicted molar refractivity (Wildman–Crippen MR) is 141 cm³/mol. The van der Waals surface area contributed by atoms with E-state index in [4.69, 9.17) is 19.6 Å². The summed E-state index contributed by atoms with van der Waals surface area (Å²) < 4.78 is 12.2. The van der Waals surface area contributed by atoms with Gasteiger partial charge in [0, 0.05) is 20.9 Å². The number of methoxy groups -OCH3 is 2. The second-order valence-electron chi connectivity index (χ2n) is 7.23. The van der Waals surface area contributed by atoms with Gasteiger partial charge in [0.1, 0.15) is 0 Å². The number of aromatic nitrogens is 1. The zero-order valence-corrected chi connectivity index (χ0v) is 21.3. The van der Waals surface area contributed by atoms with E-state index < -0.39 is 0 Å². The summed E-state index contributed by atoms with van der Waals surface area (Å²) in [5, 5.41) is 12.1. The Labute approximate surface area is 208 Å². The Bertz CT molecular complexity index is 1250. The average molecular weight is 573 g/mol. The molecule has 32 heavy (non-hydrogen) atoms. The van der Waals surface area contributed by atoms with Gasteiger partial charge in [0.25, 0.3) is 0 Å². The van der Waals surface area contributed by atoms with E-state index in [0.29, 0.717) is 5.75 Å². The molecule has 1 aliphatic heterocycles. The Kier molecular flexibility index (Phi) is 6.16. The van der Waals surface area contributed by atoms with Gasteiger partial charge >= 0.3 is 0 Å². The number of thiazole rings is 1. The lowest BCUT2D eigenvalue weighted by Crippen LogP contribution is -2.18. The summed E-state index contributed by atoms with van der Waals surface area (Å²) in [6.07, 6.45) is 0.800. The number of hydrazone groups is 1. The van der Waals surface area contributed by atoms with Crippen molar-refractivity contribution in [1.82, 2.24) is 4.98 Å². The number of benzene rings is 2. The lowest BCUT2D eigenvalue weighted by molar-refractivity contribution is 0.354. The van der Waals surface area contributed by atoms with Gasteiger partial charge < -0.3 is 9.47 Å². The van der Waals surface area contributed by atoms with Gasteiger partial charge in [0.2, 0.25) is 5.13 Å². The Morgan fingerprint density at radius 1 is 1.00 bits per heavy atom. The van der Waals surface area contributed by atoms with Gasteiger partial charge in [-0.05, 0) is 63.9 Å². The Morgan fingerprint density at radius 3 is 2.53 bits per heavy atom. The van der Waals surface area contributed by atoms with Crippen LogP contribution >= 0.6 is 45.3 Å². The zero-order valence-electron chi connectivity index (χ0n) is 17.5. The van der Waals surface area contributed by atoms with Crippen LogP contribution in [0, 0.1) is 3.57 Å². The van der Waals surface area contributed by atoms with E-state index in [-0.39, 0.29) is 6.04 Å². The quantitative estimate of drug-likeness (QED) is 0.237. The largest absolute Gasteiger partial charge is 0.493 e. The molecule has 2 aromatic heterocycles. The number of hydrogen-bond donors (Lipinski definition) is 0. The van der Waals surface area contributed by atoms with Crippen molar-refractivity contribution in [3.8, 4) is 22.8 Å². The standard InChI is InChI=1S/C24H20IN3O2S2/c1-29-21-10-7-16(12-22(21)30-2)20-13-18(23-4-3-11-31-23)27-28(20)24-26-19(14-32-24)15-5-8-17(25)9-6-15/h3-12,14,20H,13H2,1-2H3. The maximum absolute atomic E-state index is 5.56. The number of nitrogens with zero attached hydrogens (tertiary/aromatic N) is 3. The first-order valence-corrected chi connectivity index (χ1v) is 12.8. The lowest BCUT2D eigenvalue weighted by Gasteiger charge is -2.22. The summed E-state index contributed by atoms with van der Waals surface area (Å²) in [4.78, 5) is 6.13. The molecule has 0 N–H and O–H groups in total. The minimum Gasteiger partial charge on any atom is -0.493 e. The highest BCUT2D eigenvalue weighted by molar-refractivity contribution is 14.1. The van der Waals surface area contributed by atoms with Crippen molar-refractivity contribution in [2.24, 2.45) is 5.10 Å². The second-order valence-corrected chi connectivity index (χ2v) is 10.3. The monoisotopic (exact) mass is 573 g/mol. The number of ether oxygens (including phenoxy) is 2. The van der Waals surface area contributed by atoms with Crippen LogP contribution in [-0.4, -0.2) is 24.9 Å². The molecule has 4 aromatic rings. The van der Waals surface area contributed by atoms with Crippen molar-refractivity contribution < 1.29 is 9.47 Å². The van der Waals surface area contributed by atoms with E-state index in [1.54, 1.807) is 36.9 Å².